The minimum atomic E-state index is 0.0808. The van der Waals surface area contributed by atoms with Crippen molar-refractivity contribution in [2.45, 2.75) is 90.8 Å². The minimum Gasteiger partial charge on any atom is -0.326 e. The van der Waals surface area contributed by atoms with E-state index in [9.17, 15) is 4.79 Å². The van der Waals surface area contributed by atoms with Gasteiger partial charge in [0.1, 0.15) is 0 Å². The highest BCUT2D eigenvalue weighted by molar-refractivity contribution is 5.84. The van der Waals surface area contributed by atoms with Crippen molar-refractivity contribution < 1.29 is 4.79 Å². The van der Waals surface area contributed by atoms with Crippen molar-refractivity contribution in [2.24, 2.45) is 11.8 Å². The lowest BCUT2D eigenvalue weighted by Crippen LogP contribution is -2.41. The zero-order valence-electron chi connectivity index (χ0n) is 14.2. The molecule has 0 spiro atoms. The maximum atomic E-state index is 12.7. The van der Waals surface area contributed by atoms with Gasteiger partial charge in [0, 0.05) is 6.54 Å². The first-order chi connectivity index (χ1) is 10.1. The summed E-state index contributed by atoms with van der Waals surface area (Å²) >= 11 is 0. The van der Waals surface area contributed by atoms with Crippen molar-refractivity contribution in [2.75, 3.05) is 6.54 Å². The van der Waals surface area contributed by atoms with Gasteiger partial charge in [-0.05, 0) is 37.5 Å². The first-order valence-corrected chi connectivity index (χ1v) is 9.18. The zero-order chi connectivity index (χ0) is 15.2. The molecule has 0 aromatic carbocycles. The summed E-state index contributed by atoms with van der Waals surface area (Å²) in [5.41, 5.74) is 0. The van der Waals surface area contributed by atoms with Gasteiger partial charge in [0.05, 0.1) is 12.2 Å². The molecule has 0 aromatic heterocycles. The van der Waals surface area contributed by atoms with Crippen molar-refractivity contribution >= 4 is 5.91 Å². The third kappa shape index (κ3) is 4.70. The number of rotatable bonds is 7. The fraction of sp³-hybridized carbons (Fsp3) is 0.944. The van der Waals surface area contributed by atoms with E-state index in [1.54, 1.807) is 0 Å². The molecule has 0 radical (unpaired) electrons. The number of carbonyl (C=O) groups is 1. The van der Waals surface area contributed by atoms with Crippen LogP contribution in [0, 0.1) is 11.8 Å². The van der Waals surface area contributed by atoms with E-state index in [1.807, 2.05) is 0 Å². The molecule has 2 atom stereocenters. The smallest absolute Gasteiger partial charge is 0.241 e. The highest BCUT2D eigenvalue weighted by atomic mass is 16.2. The molecule has 2 rings (SSSR count). The van der Waals surface area contributed by atoms with Crippen molar-refractivity contribution in [3.63, 3.8) is 0 Å². The fourth-order valence-electron chi connectivity index (χ4n) is 3.87. The fourth-order valence-corrected chi connectivity index (χ4v) is 3.87. The summed E-state index contributed by atoms with van der Waals surface area (Å²) in [6.45, 7) is 7.70. The number of hydrogen-bond acceptors (Lipinski definition) is 2. The van der Waals surface area contributed by atoms with Gasteiger partial charge >= 0.3 is 0 Å². The maximum Gasteiger partial charge on any atom is 0.241 e. The van der Waals surface area contributed by atoms with Gasteiger partial charge in [-0.3, -0.25) is 10.1 Å². The molecule has 2 fully saturated rings. The molecular weight excluding hydrogens is 260 g/mol. The van der Waals surface area contributed by atoms with E-state index in [-0.39, 0.29) is 12.2 Å². The van der Waals surface area contributed by atoms with Gasteiger partial charge < -0.3 is 4.90 Å². The maximum absolute atomic E-state index is 12.7. The Morgan fingerprint density at radius 2 is 1.95 bits per heavy atom. The lowest BCUT2D eigenvalue weighted by molar-refractivity contribution is -0.131. The van der Waals surface area contributed by atoms with Crippen LogP contribution in [-0.2, 0) is 4.79 Å². The molecule has 2 unspecified atom stereocenters. The molecule has 3 heteroatoms. The summed E-state index contributed by atoms with van der Waals surface area (Å²) in [5, 5.41) is 3.62. The van der Waals surface area contributed by atoms with Gasteiger partial charge in [-0.25, -0.2) is 0 Å². The Bertz CT molecular complexity index is 323. The first-order valence-electron chi connectivity index (χ1n) is 9.18. The Balaban J connectivity index is 1.96. The molecule has 0 aromatic rings. The van der Waals surface area contributed by atoms with E-state index in [1.165, 1.54) is 38.5 Å². The number of unbranched alkanes of at least 4 members (excludes halogenated alkanes) is 1. The molecule has 1 N–H and O–H groups in total. The van der Waals surface area contributed by atoms with Crippen LogP contribution < -0.4 is 5.32 Å². The Hall–Kier alpha value is -0.570. The van der Waals surface area contributed by atoms with Crippen molar-refractivity contribution in [3.05, 3.63) is 0 Å². The van der Waals surface area contributed by atoms with Crippen molar-refractivity contribution in [3.8, 4) is 0 Å². The van der Waals surface area contributed by atoms with E-state index >= 15 is 0 Å². The van der Waals surface area contributed by atoms with E-state index < -0.39 is 0 Å². The van der Waals surface area contributed by atoms with Crippen LogP contribution in [0.5, 0.6) is 0 Å². The molecule has 21 heavy (non-hydrogen) atoms. The van der Waals surface area contributed by atoms with E-state index in [2.05, 4.69) is 31.0 Å². The molecule has 0 bridgehead atoms. The van der Waals surface area contributed by atoms with Gasteiger partial charge in [-0.2, -0.15) is 0 Å². The van der Waals surface area contributed by atoms with Crippen LogP contribution in [0.25, 0.3) is 0 Å². The molecule has 1 saturated heterocycles. The predicted molar refractivity (Wildman–Crippen MR) is 88.0 cm³/mol. The quantitative estimate of drug-likeness (QED) is 0.771. The lowest BCUT2D eigenvalue weighted by Gasteiger charge is -2.31. The van der Waals surface area contributed by atoms with Crippen LogP contribution in [0.15, 0.2) is 0 Å². The number of amides is 1. The molecule has 1 aliphatic heterocycles. The van der Waals surface area contributed by atoms with Gasteiger partial charge in [-0.1, -0.05) is 52.9 Å². The summed E-state index contributed by atoms with van der Waals surface area (Å²) in [6.07, 6.45) is 11.4. The third-order valence-electron chi connectivity index (χ3n) is 5.07. The summed E-state index contributed by atoms with van der Waals surface area (Å²) in [5.74, 6) is 1.75. The van der Waals surface area contributed by atoms with Gasteiger partial charge in [0.15, 0.2) is 0 Å². The van der Waals surface area contributed by atoms with Crippen LogP contribution in [-0.4, -0.2) is 29.6 Å². The van der Waals surface area contributed by atoms with E-state index in [4.69, 9.17) is 0 Å². The van der Waals surface area contributed by atoms with Gasteiger partial charge in [0.2, 0.25) is 5.91 Å². The monoisotopic (exact) mass is 294 g/mol. The number of hydrogen-bond donors (Lipinski definition) is 1. The van der Waals surface area contributed by atoms with E-state index in [0.717, 1.165) is 31.7 Å². The molecule has 1 saturated carbocycles. The number of nitrogens with zero attached hydrogens (tertiary/aromatic N) is 1. The molecule has 1 heterocycles. The summed E-state index contributed by atoms with van der Waals surface area (Å²) in [6, 6.07) is 0.0808. The molecule has 2 aliphatic rings. The number of nitrogens with one attached hydrogen (secondary N) is 1. The van der Waals surface area contributed by atoms with Crippen LogP contribution in [0.4, 0.5) is 0 Å². The Labute approximate surface area is 130 Å². The lowest BCUT2D eigenvalue weighted by atomic mass is 9.88. The first kappa shape index (κ1) is 16.8. The summed E-state index contributed by atoms with van der Waals surface area (Å²) in [7, 11) is 0. The topological polar surface area (TPSA) is 32.3 Å². The second-order valence-corrected chi connectivity index (χ2v) is 7.50. The minimum absolute atomic E-state index is 0.0808. The van der Waals surface area contributed by atoms with Crippen LogP contribution in [0.2, 0.25) is 0 Å². The van der Waals surface area contributed by atoms with Gasteiger partial charge in [-0.15, -0.1) is 0 Å². The molecule has 1 aliphatic carbocycles. The summed E-state index contributed by atoms with van der Waals surface area (Å²) in [4.78, 5) is 14.9. The van der Waals surface area contributed by atoms with Crippen molar-refractivity contribution in [1.29, 1.82) is 0 Å². The number of carbonyl (C=O) groups excluding carboxylic acids is 1. The Kier molecular flexibility index (Phi) is 6.53. The zero-order valence-corrected chi connectivity index (χ0v) is 14.2. The van der Waals surface area contributed by atoms with Gasteiger partial charge in [0.25, 0.3) is 0 Å². The van der Waals surface area contributed by atoms with Crippen LogP contribution in [0.1, 0.15) is 78.6 Å². The standard InChI is InChI=1S/C18H34N2O/c1-4-5-11-16-18(21)20(17(19-16)12-14(2)3)13-15-9-7-6-8-10-15/h14-17,19H,4-13H2,1-3H3. The van der Waals surface area contributed by atoms with Crippen molar-refractivity contribution in [1.82, 2.24) is 10.2 Å². The highest BCUT2D eigenvalue weighted by Gasteiger charge is 2.39. The molecular formula is C18H34N2O. The SMILES string of the molecule is CCCCC1NC(CC(C)C)N(CC2CCCCC2)C1=O. The third-order valence-corrected chi connectivity index (χ3v) is 5.07. The van der Waals surface area contributed by atoms with E-state index in [0.29, 0.717) is 11.8 Å². The summed E-state index contributed by atoms with van der Waals surface area (Å²) < 4.78 is 0. The molecule has 3 nitrogen and oxygen atoms in total. The highest BCUT2D eigenvalue weighted by Crippen LogP contribution is 2.28. The molecule has 1 amide bonds. The second-order valence-electron chi connectivity index (χ2n) is 7.50. The normalized spacial score (nSPS) is 27.8. The average molecular weight is 294 g/mol. The Morgan fingerprint density at radius 1 is 1.24 bits per heavy atom. The largest absolute Gasteiger partial charge is 0.326 e. The predicted octanol–water partition coefficient (Wildman–Crippen LogP) is 3.93. The molecule has 122 valence electrons. The second kappa shape index (κ2) is 8.17. The van der Waals surface area contributed by atoms with Crippen LogP contribution in [0.3, 0.4) is 0 Å². The average Bonchev–Trinajstić information content (AvgIpc) is 2.74. The Morgan fingerprint density at radius 3 is 2.57 bits per heavy atom. The van der Waals surface area contributed by atoms with Crippen LogP contribution >= 0.6 is 0 Å².